The molecule has 0 aliphatic carbocycles. The van der Waals surface area contributed by atoms with Gasteiger partial charge in [-0.15, -0.1) is 0 Å². The van der Waals surface area contributed by atoms with Crippen molar-refractivity contribution >= 4 is 22.6 Å². The van der Waals surface area contributed by atoms with Crippen LogP contribution in [0.1, 0.15) is 11.1 Å². The van der Waals surface area contributed by atoms with Crippen LogP contribution < -0.4 is 5.32 Å². The second-order valence-electron chi connectivity index (χ2n) is 6.39. The number of aryl methyl sites for hydroxylation is 1. The van der Waals surface area contributed by atoms with Crippen LogP contribution in [0.15, 0.2) is 72.8 Å². The number of anilines is 1. The first-order valence-electron chi connectivity index (χ1n) is 8.58. The van der Waals surface area contributed by atoms with E-state index in [1.165, 1.54) is 5.56 Å². The molecule has 0 spiro atoms. The van der Waals surface area contributed by atoms with Gasteiger partial charge in [0.25, 0.3) is 0 Å². The molecule has 128 valence electrons. The maximum absolute atomic E-state index is 12.2. The Morgan fingerprint density at radius 3 is 2.42 bits per heavy atom. The number of imidazole rings is 1. The SMILES string of the molecule is Cc1ccc(CC(=O)Nc2ccc(-c3nc4ccccc4[nH]3)cc2)cc1. The number of carbonyl (C=O) groups excluding carboxylic acids is 1. The smallest absolute Gasteiger partial charge is 0.228 e. The summed E-state index contributed by atoms with van der Waals surface area (Å²) in [6, 6.07) is 23.7. The van der Waals surface area contributed by atoms with Gasteiger partial charge in [-0.2, -0.15) is 0 Å². The molecule has 0 unspecified atom stereocenters. The summed E-state index contributed by atoms with van der Waals surface area (Å²) in [5, 5.41) is 2.94. The number of aromatic amines is 1. The quantitative estimate of drug-likeness (QED) is 0.564. The van der Waals surface area contributed by atoms with Gasteiger partial charge in [0, 0.05) is 11.3 Å². The molecule has 0 atom stereocenters. The Kier molecular flexibility index (Phi) is 4.23. The van der Waals surface area contributed by atoms with Crippen molar-refractivity contribution in [1.82, 2.24) is 9.97 Å². The minimum atomic E-state index is -0.0228. The lowest BCUT2D eigenvalue weighted by atomic mass is 10.1. The van der Waals surface area contributed by atoms with Gasteiger partial charge < -0.3 is 10.3 Å². The van der Waals surface area contributed by atoms with Gasteiger partial charge >= 0.3 is 0 Å². The van der Waals surface area contributed by atoms with Crippen molar-refractivity contribution in [3.05, 3.63) is 83.9 Å². The fraction of sp³-hybridized carbons (Fsp3) is 0.0909. The van der Waals surface area contributed by atoms with Gasteiger partial charge in [-0.25, -0.2) is 4.98 Å². The number of nitrogens with one attached hydrogen (secondary N) is 2. The largest absolute Gasteiger partial charge is 0.338 e. The van der Waals surface area contributed by atoms with Crippen LogP contribution in [-0.4, -0.2) is 15.9 Å². The molecule has 2 N–H and O–H groups in total. The van der Waals surface area contributed by atoms with E-state index < -0.39 is 0 Å². The van der Waals surface area contributed by atoms with Gasteiger partial charge in [-0.1, -0.05) is 42.0 Å². The third-order valence-electron chi connectivity index (χ3n) is 4.32. The lowest BCUT2D eigenvalue weighted by molar-refractivity contribution is -0.115. The lowest BCUT2D eigenvalue weighted by Gasteiger charge is -2.06. The fourth-order valence-electron chi connectivity index (χ4n) is 2.90. The van der Waals surface area contributed by atoms with Crippen molar-refractivity contribution in [3.63, 3.8) is 0 Å². The average molecular weight is 341 g/mol. The van der Waals surface area contributed by atoms with Crippen molar-refractivity contribution in [1.29, 1.82) is 0 Å². The van der Waals surface area contributed by atoms with Gasteiger partial charge in [0.2, 0.25) is 5.91 Å². The topological polar surface area (TPSA) is 57.8 Å². The number of hydrogen-bond acceptors (Lipinski definition) is 2. The molecule has 1 aromatic heterocycles. The molecule has 0 saturated heterocycles. The van der Waals surface area contributed by atoms with Crippen LogP contribution in [0.25, 0.3) is 22.4 Å². The van der Waals surface area contributed by atoms with E-state index in [0.717, 1.165) is 33.7 Å². The molecule has 26 heavy (non-hydrogen) atoms. The normalized spacial score (nSPS) is 10.8. The predicted octanol–water partition coefficient (Wildman–Crippen LogP) is 4.72. The average Bonchev–Trinajstić information content (AvgIpc) is 3.08. The van der Waals surface area contributed by atoms with Crippen molar-refractivity contribution in [2.24, 2.45) is 0 Å². The van der Waals surface area contributed by atoms with Gasteiger partial charge in [-0.3, -0.25) is 4.79 Å². The zero-order valence-electron chi connectivity index (χ0n) is 14.5. The van der Waals surface area contributed by atoms with E-state index in [9.17, 15) is 4.79 Å². The number of H-pyrrole nitrogens is 1. The number of amides is 1. The summed E-state index contributed by atoms with van der Waals surface area (Å²) in [5.74, 6) is 0.800. The molecular formula is C22H19N3O. The van der Waals surface area contributed by atoms with Gasteiger partial charge in [0.05, 0.1) is 17.5 Å². The molecule has 4 rings (SSSR count). The molecule has 3 aromatic carbocycles. The molecule has 1 amide bonds. The number of fused-ring (bicyclic) bond motifs is 1. The fourth-order valence-corrected chi connectivity index (χ4v) is 2.90. The van der Waals surface area contributed by atoms with E-state index in [1.54, 1.807) is 0 Å². The van der Waals surface area contributed by atoms with Crippen molar-refractivity contribution in [3.8, 4) is 11.4 Å². The molecule has 4 nitrogen and oxygen atoms in total. The van der Waals surface area contributed by atoms with Crippen molar-refractivity contribution < 1.29 is 4.79 Å². The number of carbonyl (C=O) groups is 1. The highest BCUT2D eigenvalue weighted by atomic mass is 16.1. The van der Waals surface area contributed by atoms with Crippen molar-refractivity contribution in [2.75, 3.05) is 5.32 Å². The van der Waals surface area contributed by atoms with E-state index in [1.807, 2.05) is 79.7 Å². The maximum Gasteiger partial charge on any atom is 0.228 e. The third kappa shape index (κ3) is 3.49. The maximum atomic E-state index is 12.2. The first kappa shape index (κ1) is 16.1. The summed E-state index contributed by atoms with van der Waals surface area (Å²) in [6.45, 7) is 2.04. The molecule has 1 heterocycles. The highest BCUT2D eigenvalue weighted by Crippen LogP contribution is 2.22. The summed E-state index contributed by atoms with van der Waals surface area (Å²) >= 11 is 0. The standard InChI is InChI=1S/C22H19N3O/c1-15-6-8-16(9-7-15)14-21(26)23-18-12-10-17(11-13-18)22-24-19-4-2-3-5-20(19)25-22/h2-13H,14H2,1H3,(H,23,26)(H,24,25). The van der Waals surface area contributed by atoms with E-state index in [-0.39, 0.29) is 5.91 Å². The minimum Gasteiger partial charge on any atom is -0.338 e. The highest BCUT2D eigenvalue weighted by molar-refractivity contribution is 5.92. The Morgan fingerprint density at radius 2 is 1.69 bits per heavy atom. The number of nitrogens with zero attached hydrogens (tertiary/aromatic N) is 1. The zero-order valence-corrected chi connectivity index (χ0v) is 14.5. The molecule has 4 heteroatoms. The summed E-state index contributed by atoms with van der Waals surface area (Å²) in [6.07, 6.45) is 0.367. The molecular weight excluding hydrogens is 322 g/mol. The van der Waals surface area contributed by atoms with E-state index in [0.29, 0.717) is 6.42 Å². The second-order valence-corrected chi connectivity index (χ2v) is 6.39. The third-order valence-corrected chi connectivity index (χ3v) is 4.32. The number of aromatic nitrogens is 2. The summed E-state index contributed by atoms with van der Waals surface area (Å²) in [4.78, 5) is 20.1. The Balaban J connectivity index is 1.45. The first-order valence-corrected chi connectivity index (χ1v) is 8.58. The molecule has 0 saturated carbocycles. The Labute approximate surface area is 151 Å². The van der Waals surface area contributed by atoms with E-state index in [4.69, 9.17) is 0 Å². The van der Waals surface area contributed by atoms with Crippen LogP contribution in [-0.2, 0) is 11.2 Å². The molecule has 0 bridgehead atoms. The molecule has 0 fully saturated rings. The highest BCUT2D eigenvalue weighted by Gasteiger charge is 2.07. The first-order chi connectivity index (χ1) is 12.7. The van der Waals surface area contributed by atoms with Crippen LogP contribution in [0.3, 0.4) is 0 Å². The van der Waals surface area contributed by atoms with Crippen LogP contribution in [0, 0.1) is 6.92 Å². The molecule has 0 aliphatic heterocycles. The molecule has 4 aromatic rings. The number of hydrogen-bond donors (Lipinski definition) is 2. The molecule has 0 radical (unpaired) electrons. The lowest BCUT2D eigenvalue weighted by Crippen LogP contribution is -2.14. The van der Waals surface area contributed by atoms with Gasteiger partial charge in [-0.05, 0) is 48.9 Å². The zero-order chi connectivity index (χ0) is 17.9. The number of benzene rings is 3. The minimum absolute atomic E-state index is 0.0228. The van der Waals surface area contributed by atoms with E-state index >= 15 is 0 Å². The van der Waals surface area contributed by atoms with Crippen LogP contribution in [0.2, 0.25) is 0 Å². The summed E-state index contributed by atoms with van der Waals surface area (Å²) < 4.78 is 0. The van der Waals surface area contributed by atoms with E-state index in [2.05, 4.69) is 15.3 Å². The van der Waals surface area contributed by atoms with Crippen LogP contribution in [0.5, 0.6) is 0 Å². The molecule has 0 aliphatic rings. The van der Waals surface area contributed by atoms with Gasteiger partial charge in [0.15, 0.2) is 0 Å². The summed E-state index contributed by atoms with van der Waals surface area (Å²) in [5.41, 5.74) is 5.91. The Morgan fingerprint density at radius 1 is 0.962 bits per heavy atom. The Hall–Kier alpha value is -3.40. The van der Waals surface area contributed by atoms with Crippen LogP contribution in [0.4, 0.5) is 5.69 Å². The monoisotopic (exact) mass is 341 g/mol. The number of para-hydroxylation sites is 2. The summed E-state index contributed by atoms with van der Waals surface area (Å²) in [7, 11) is 0. The van der Waals surface area contributed by atoms with Crippen LogP contribution >= 0.6 is 0 Å². The predicted molar refractivity (Wildman–Crippen MR) is 105 cm³/mol. The number of rotatable bonds is 4. The van der Waals surface area contributed by atoms with Crippen molar-refractivity contribution in [2.45, 2.75) is 13.3 Å². The second kappa shape index (κ2) is 6.84. The van der Waals surface area contributed by atoms with Gasteiger partial charge in [0.1, 0.15) is 5.82 Å². The Bertz CT molecular complexity index is 1010.